The van der Waals surface area contributed by atoms with Gasteiger partial charge >= 0.3 is 0 Å². The molecule has 9 nitrogen and oxygen atoms in total. The van der Waals surface area contributed by atoms with Gasteiger partial charge in [0.25, 0.3) is 0 Å². The molecule has 172 valence electrons. The summed E-state index contributed by atoms with van der Waals surface area (Å²) in [5.41, 5.74) is 1.65. The lowest BCUT2D eigenvalue weighted by Gasteiger charge is -2.53. The van der Waals surface area contributed by atoms with E-state index in [2.05, 4.69) is 70.7 Å². The predicted molar refractivity (Wildman–Crippen MR) is 124 cm³/mol. The van der Waals surface area contributed by atoms with Crippen LogP contribution in [0.15, 0.2) is 40.9 Å². The van der Waals surface area contributed by atoms with Crippen molar-refractivity contribution in [2.45, 2.75) is 57.7 Å². The van der Waals surface area contributed by atoms with E-state index in [0.29, 0.717) is 12.6 Å². The molecule has 0 spiro atoms. The summed E-state index contributed by atoms with van der Waals surface area (Å²) in [4.78, 5) is 11.0. The molecule has 0 radical (unpaired) electrons. The molecule has 1 saturated heterocycles. The number of piperidine rings is 1. The molecule has 3 heterocycles. The second kappa shape index (κ2) is 8.16. The molecule has 1 fully saturated rings. The van der Waals surface area contributed by atoms with E-state index in [1.165, 1.54) is 6.20 Å². The van der Waals surface area contributed by atoms with Crippen LogP contribution in [0.25, 0.3) is 0 Å². The molecule has 2 aliphatic rings. The second-order valence-electron chi connectivity index (χ2n) is 9.88. The van der Waals surface area contributed by atoms with Crippen LogP contribution in [-0.2, 0) is 0 Å². The van der Waals surface area contributed by atoms with Crippen LogP contribution >= 0.6 is 0 Å². The molecule has 0 aliphatic carbocycles. The van der Waals surface area contributed by atoms with E-state index in [0.717, 1.165) is 24.2 Å². The van der Waals surface area contributed by atoms with E-state index in [9.17, 15) is 4.39 Å². The standard InChI is InChI=1S/C22H32FN9/c1-21(2)11-16(12-22(3,4)31(21)6)25-19-18(23)13-24-20(27-19)26-15-8-7-9-17(10-15)32-14-30(5)28-29-32/h7-10,13,16H,11-12,14H2,1-6H3,(H2,24,25,26,27). The quantitative estimate of drug-likeness (QED) is 0.711. The van der Waals surface area contributed by atoms with E-state index in [1.54, 1.807) is 10.0 Å². The van der Waals surface area contributed by atoms with E-state index in [-0.39, 0.29) is 22.9 Å². The number of halogens is 1. The minimum Gasteiger partial charge on any atom is -0.365 e. The molecule has 0 amide bonds. The van der Waals surface area contributed by atoms with Gasteiger partial charge in [-0.05, 0) is 71.0 Å². The third kappa shape index (κ3) is 4.59. The number of nitrogens with zero attached hydrogens (tertiary/aromatic N) is 7. The van der Waals surface area contributed by atoms with Crippen LogP contribution in [0.5, 0.6) is 0 Å². The highest BCUT2D eigenvalue weighted by Gasteiger charge is 2.43. The normalized spacial score (nSPS) is 20.6. The summed E-state index contributed by atoms with van der Waals surface area (Å²) in [5.74, 6) is 0.0896. The summed E-state index contributed by atoms with van der Waals surface area (Å²) in [6.45, 7) is 9.45. The summed E-state index contributed by atoms with van der Waals surface area (Å²) in [7, 11) is 4.01. The molecule has 2 aliphatic heterocycles. The fraction of sp³-hybridized carbons (Fsp3) is 0.545. The van der Waals surface area contributed by atoms with Crippen LogP contribution in [0.3, 0.4) is 0 Å². The lowest BCUT2D eigenvalue weighted by atomic mass is 9.77. The zero-order valence-electron chi connectivity index (χ0n) is 19.6. The van der Waals surface area contributed by atoms with Gasteiger partial charge in [0.2, 0.25) is 5.95 Å². The topological polar surface area (TPSA) is 84.3 Å². The number of hydrogen-bond acceptors (Lipinski definition) is 9. The predicted octanol–water partition coefficient (Wildman–Crippen LogP) is 4.41. The second-order valence-corrected chi connectivity index (χ2v) is 9.88. The van der Waals surface area contributed by atoms with Gasteiger partial charge in [0, 0.05) is 29.9 Å². The molecule has 0 bridgehead atoms. The summed E-state index contributed by atoms with van der Waals surface area (Å²) in [5, 5.41) is 18.1. The Hall–Kier alpha value is -3.01. The van der Waals surface area contributed by atoms with Gasteiger partial charge in [-0.1, -0.05) is 11.3 Å². The molecule has 2 aromatic rings. The van der Waals surface area contributed by atoms with E-state index in [1.807, 2.05) is 31.3 Å². The SMILES string of the molecule is CN1CN(c2cccc(Nc3ncc(F)c(NC4CC(C)(C)N(C)C(C)(C)C4)n3)c2)N=N1. The van der Waals surface area contributed by atoms with Crippen molar-refractivity contribution in [3.63, 3.8) is 0 Å². The largest absolute Gasteiger partial charge is 0.365 e. The van der Waals surface area contributed by atoms with Gasteiger partial charge in [0.05, 0.1) is 11.9 Å². The highest BCUT2D eigenvalue weighted by atomic mass is 19.1. The number of nitrogens with one attached hydrogen (secondary N) is 2. The Labute approximate surface area is 188 Å². The molecule has 4 rings (SSSR count). The van der Waals surface area contributed by atoms with Gasteiger partial charge in [-0.3, -0.25) is 9.91 Å². The number of aromatic nitrogens is 2. The van der Waals surface area contributed by atoms with Crippen LogP contribution < -0.4 is 15.6 Å². The smallest absolute Gasteiger partial charge is 0.229 e. The number of hydrogen-bond donors (Lipinski definition) is 2. The summed E-state index contributed by atoms with van der Waals surface area (Å²) >= 11 is 0. The van der Waals surface area contributed by atoms with Crippen molar-refractivity contribution < 1.29 is 4.39 Å². The minimum absolute atomic E-state index is 0.00851. The van der Waals surface area contributed by atoms with Crippen LogP contribution in [-0.4, -0.2) is 57.8 Å². The Bertz CT molecular complexity index is 989. The number of likely N-dealkylation sites (tertiary alicyclic amines) is 1. The minimum atomic E-state index is -0.459. The Morgan fingerprint density at radius 1 is 1.06 bits per heavy atom. The molecule has 0 unspecified atom stereocenters. The first kappa shape index (κ1) is 22.2. The van der Waals surface area contributed by atoms with Gasteiger partial charge in [-0.25, -0.2) is 14.4 Å². The third-order valence-corrected chi connectivity index (χ3v) is 6.43. The van der Waals surface area contributed by atoms with Crippen molar-refractivity contribution in [3.05, 3.63) is 36.3 Å². The number of benzene rings is 1. The first-order chi connectivity index (χ1) is 15.0. The first-order valence-electron chi connectivity index (χ1n) is 10.8. The molecule has 32 heavy (non-hydrogen) atoms. The molecule has 1 aromatic heterocycles. The van der Waals surface area contributed by atoms with Crippen LogP contribution in [0.4, 0.5) is 27.5 Å². The van der Waals surface area contributed by atoms with Crippen molar-refractivity contribution >= 4 is 23.1 Å². The molecule has 10 heteroatoms. The number of anilines is 4. The maximum atomic E-state index is 14.6. The van der Waals surface area contributed by atoms with Crippen molar-refractivity contribution in [1.82, 2.24) is 19.9 Å². The fourth-order valence-corrected chi connectivity index (χ4v) is 4.57. The lowest BCUT2D eigenvalue weighted by molar-refractivity contribution is -0.00778. The highest BCUT2D eigenvalue weighted by Crippen LogP contribution is 2.38. The number of rotatable bonds is 5. The van der Waals surface area contributed by atoms with Crippen LogP contribution in [0.1, 0.15) is 40.5 Å². The van der Waals surface area contributed by atoms with Gasteiger partial charge in [0.1, 0.15) is 6.67 Å². The molecule has 0 saturated carbocycles. The lowest BCUT2D eigenvalue weighted by Crippen LogP contribution is -2.61. The van der Waals surface area contributed by atoms with E-state index < -0.39 is 5.82 Å². The van der Waals surface area contributed by atoms with Crippen LogP contribution in [0, 0.1) is 5.82 Å². The van der Waals surface area contributed by atoms with E-state index >= 15 is 0 Å². The molecular formula is C22H32FN9. The van der Waals surface area contributed by atoms with Gasteiger partial charge in [-0.15, -0.1) is 0 Å². The average molecular weight is 442 g/mol. The molecule has 1 aromatic carbocycles. The molecular weight excluding hydrogens is 409 g/mol. The van der Waals surface area contributed by atoms with Crippen molar-refractivity contribution in [2.24, 2.45) is 10.4 Å². The Morgan fingerprint density at radius 3 is 2.44 bits per heavy atom. The summed E-state index contributed by atoms with van der Waals surface area (Å²) in [6.07, 6.45) is 2.98. The van der Waals surface area contributed by atoms with Gasteiger partial charge in [0.15, 0.2) is 11.6 Å². The maximum absolute atomic E-state index is 14.6. The maximum Gasteiger partial charge on any atom is 0.229 e. The highest BCUT2D eigenvalue weighted by molar-refractivity contribution is 5.62. The van der Waals surface area contributed by atoms with Gasteiger partial charge in [-0.2, -0.15) is 4.98 Å². The van der Waals surface area contributed by atoms with Crippen molar-refractivity contribution in [1.29, 1.82) is 0 Å². The monoisotopic (exact) mass is 441 g/mol. The van der Waals surface area contributed by atoms with Crippen molar-refractivity contribution in [3.8, 4) is 0 Å². The summed E-state index contributed by atoms with van der Waals surface area (Å²) < 4.78 is 14.6. The fourth-order valence-electron chi connectivity index (χ4n) is 4.57. The Morgan fingerprint density at radius 2 is 1.78 bits per heavy atom. The molecule has 2 N–H and O–H groups in total. The van der Waals surface area contributed by atoms with Crippen molar-refractivity contribution in [2.75, 3.05) is 36.4 Å². The average Bonchev–Trinajstić information content (AvgIpc) is 3.15. The Balaban J connectivity index is 1.50. The van der Waals surface area contributed by atoms with Gasteiger partial charge < -0.3 is 10.6 Å². The summed E-state index contributed by atoms with van der Waals surface area (Å²) in [6, 6.07) is 7.80. The first-order valence-corrected chi connectivity index (χ1v) is 10.8. The zero-order chi connectivity index (χ0) is 23.1. The Kier molecular flexibility index (Phi) is 5.66. The molecule has 0 atom stereocenters. The van der Waals surface area contributed by atoms with E-state index in [4.69, 9.17) is 0 Å². The third-order valence-electron chi connectivity index (χ3n) is 6.43. The zero-order valence-corrected chi connectivity index (χ0v) is 19.6. The van der Waals surface area contributed by atoms with Crippen LogP contribution in [0.2, 0.25) is 0 Å².